The second-order valence-electron chi connectivity index (χ2n) is 13.7. The minimum atomic E-state index is 0.258. The van der Waals surface area contributed by atoms with Crippen molar-refractivity contribution in [3.8, 4) is 0 Å². The van der Waals surface area contributed by atoms with Crippen molar-refractivity contribution in [3.05, 3.63) is 72.8 Å². The Bertz CT molecular complexity index is 1120. The number of allylic oxidation sites excluding steroid dienone is 1. The van der Waals surface area contributed by atoms with Crippen LogP contribution in [0.1, 0.15) is 85.5 Å². The molecule has 3 nitrogen and oxygen atoms in total. The number of fused-ring (bicyclic) bond motifs is 3. The van der Waals surface area contributed by atoms with Crippen molar-refractivity contribution in [2.75, 3.05) is 0 Å². The third-order valence-corrected chi connectivity index (χ3v) is 12.9. The summed E-state index contributed by atoms with van der Waals surface area (Å²) in [6.45, 7) is 12.9. The first-order valence-corrected chi connectivity index (χ1v) is 17.5. The molecule has 5 heteroatoms. The molecule has 0 N–H and O–H groups in total. The molecule has 0 unspecified atom stereocenters. The molecule has 0 spiro atoms. The third kappa shape index (κ3) is 7.47. The minimum absolute atomic E-state index is 0.258. The predicted octanol–water partition coefficient (Wildman–Crippen LogP) is 9.50. The lowest BCUT2D eigenvalue weighted by atomic mass is 9.80. The molecule has 2 aromatic carbocycles. The highest BCUT2D eigenvalue weighted by atomic mass is 32.2. The molecule has 3 aliphatic heterocycles. The lowest BCUT2D eigenvalue weighted by molar-refractivity contribution is 0.303. The van der Waals surface area contributed by atoms with Crippen LogP contribution in [0.4, 0.5) is 0 Å². The van der Waals surface area contributed by atoms with E-state index >= 15 is 0 Å². The standard InChI is InChI=1S/2C13H16OS.C10H16O/c2*1-13-8-7-11(9-12(13)14-13)15-10-5-3-2-4-6-10;1-7(2)8-4-5-10(3)9(6-8)11-10/h2*2-6,11-12H,7-9H2,1H3;8-9H,1,4-6H2,2-3H3/t11-,12+,13-;11-,12-,13+;8-,9+,10-/m010/s1. The summed E-state index contributed by atoms with van der Waals surface area (Å²) in [5, 5.41) is 1.51. The van der Waals surface area contributed by atoms with Crippen LogP contribution in [0.3, 0.4) is 0 Å². The fourth-order valence-electron chi connectivity index (χ4n) is 6.92. The molecule has 9 atom stereocenters. The van der Waals surface area contributed by atoms with Gasteiger partial charge >= 0.3 is 0 Å². The van der Waals surface area contributed by atoms with E-state index in [0.29, 0.717) is 18.3 Å². The van der Waals surface area contributed by atoms with E-state index in [9.17, 15) is 0 Å². The van der Waals surface area contributed by atoms with Crippen LogP contribution in [-0.2, 0) is 14.2 Å². The maximum Gasteiger partial charge on any atom is 0.0921 e. The zero-order chi connectivity index (χ0) is 28.7. The van der Waals surface area contributed by atoms with Crippen molar-refractivity contribution in [1.82, 2.24) is 0 Å². The summed E-state index contributed by atoms with van der Waals surface area (Å²) in [5.41, 5.74) is 2.12. The highest BCUT2D eigenvalue weighted by Gasteiger charge is 2.56. The number of hydrogen-bond acceptors (Lipinski definition) is 5. The topological polar surface area (TPSA) is 37.6 Å². The molecule has 0 aromatic heterocycles. The Morgan fingerprint density at radius 2 is 1.02 bits per heavy atom. The first kappa shape index (κ1) is 29.8. The van der Waals surface area contributed by atoms with Gasteiger partial charge in [0.15, 0.2) is 0 Å². The normalized spacial score (nSPS) is 41.1. The molecule has 41 heavy (non-hydrogen) atoms. The molecule has 0 amide bonds. The molecule has 2 aromatic rings. The van der Waals surface area contributed by atoms with Crippen molar-refractivity contribution >= 4 is 23.5 Å². The Labute approximate surface area is 256 Å². The van der Waals surface area contributed by atoms with Crippen LogP contribution >= 0.6 is 23.5 Å². The Morgan fingerprint density at radius 1 is 0.634 bits per heavy atom. The summed E-state index contributed by atoms with van der Waals surface area (Å²) in [4.78, 5) is 2.79. The van der Waals surface area contributed by atoms with E-state index in [4.69, 9.17) is 14.2 Å². The monoisotopic (exact) mass is 592 g/mol. The molecule has 0 bridgehead atoms. The van der Waals surface area contributed by atoms with Crippen molar-refractivity contribution in [1.29, 1.82) is 0 Å². The number of rotatable bonds is 5. The second-order valence-corrected chi connectivity index (χ2v) is 16.5. The maximum absolute atomic E-state index is 5.72. The highest BCUT2D eigenvalue weighted by molar-refractivity contribution is 8.00. The average Bonchev–Trinajstić information content (AvgIpc) is 3.90. The Balaban J connectivity index is 0.000000112. The predicted molar refractivity (Wildman–Crippen MR) is 172 cm³/mol. The molecule has 3 saturated carbocycles. The summed E-state index contributed by atoms with van der Waals surface area (Å²) < 4.78 is 17.0. The van der Waals surface area contributed by atoms with E-state index in [1.165, 1.54) is 73.2 Å². The summed E-state index contributed by atoms with van der Waals surface area (Å²) in [6, 6.07) is 21.4. The van der Waals surface area contributed by atoms with Gasteiger partial charge in [-0.3, -0.25) is 0 Å². The quantitative estimate of drug-likeness (QED) is 0.255. The molecule has 3 saturated heterocycles. The van der Waals surface area contributed by atoms with Crippen LogP contribution in [0.5, 0.6) is 0 Å². The molecule has 3 aliphatic carbocycles. The van der Waals surface area contributed by atoms with Gasteiger partial charge in [0.05, 0.1) is 35.1 Å². The summed E-state index contributed by atoms with van der Waals surface area (Å²) in [6.07, 6.45) is 12.9. The smallest absolute Gasteiger partial charge is 0.0921 e. The van der Waals surface area contributed by atoms with E-state index in [2.05, 4.69) is 94.9 Å². The van der Waals surface area contributed by atoms with Gasteiger partial charge in [0.1, 0.15) is 0 Å². The van der Waals surface area contributed by atoms with Crippen LogP contribution in [0.2, 0.25) is 0 Å². The van der Waals surface area contributed by atoms with Gasteiger partial charge in [-0.25, -0.2) is 0 Å². The molecule has 6 fully saturated rings. The molecule has 0 radical (unpaired) electrons. The molecule has 3 heterocycles. The van der Waals surface area contributed by atoms with E-state index in [1.807, 2.05) is 23.5 Å². The highest BCUT2D eigenvalue weighted by Crippen LogP contribution is 2.52. The lowest BCUT2D eigenvalue weighted by Gasteiger charge is -2.22. The van der Waals surface area contributed by atoms with Crippen molar-refractivity contribution in [2.24, 2.45) is 5.92 Å². The minimum Gasteiger partial charge on any atom is -0.366 e. The Hall–Kier alpha value is -1.24. The van der Waals surface area contributed by atoms with Crippen LogP contribution in [0.15, 0.2) is 82.6 Å². The fraction of sp³-hybridized carbons (Fsp3) is 0.611. The molecular formula is C36H48O3S2. The SMILES string of the molecule is C=C(C)[C@H]1CC[C@]2(C)O[C@@H]2C1.C[C@]12CC[C@@H](Sc3ccccc3)C[C@H]1O2.C[C@]12CC[C@H](Sc3ccccc3)C[C@H]1O2. The van der Waals surface area contributed by atoms with E-state index in [0.717, 1.165) is 16.4 Å². The van der Waals surface area contributed by atoms with Gasteiger partial charge in [-0.15, -0.1) is 23.5 Å². The van der Waals surface area contributed by atoms with Crippen molar-refractivity contribution < 1.29 is 14.2 Å². The third-order valence-electron chi connectivity index (χ3n) is 10.3. The molecule has 222 valence electrons. The molecule has 6 aliphatic rings. The summed E-state index contributed by atoms with van der Waals surface area (Å²) in [7, 11) is 0. The second kappa shape index (κ2) is 12.0. The molecule has 8 rings (SSSR count). The van der Waals surface area contributed by atoms with Gasteiger partial charge in [0.25, 0.3) is 0 Å². The molecular weight excluding hydrogens is 545 g/mol. The number of epoxide rings is 3. The van der Waals surface area contributed by atoms with Crippen LogP contribution in [-0.4, -0.2) is 45.6 Å². The van der Waals surface area contributed by atoms with E-state index in [1.54, 1.807) is 0 Å². The number of thioether (sulfide) groups is 2. The number of hydrogen-bond donors (Lipinski definition) is 0. The van der Waals surface area contributed by atoms with Crippen LogP contribution < -0.4 is 0 Å². The fourth-order valence-corrected chi connectivity index (χ4v) is 9.33. The first-order valence-electron chi connectivity index (χ1n) is 15.8. The van der Waals surface area contributed by atoms with Crippen LogP contribution in [0.25, 0.3) is 0 Å². The van der Waals surface area contributed by atoms with Gasteiger partial charge in [0.2, 0.25) is 0 Å². The zero-order valence-electron chi connectivity index (χ0n) is 25.3. The van der Waals surface area contributed by atoms with Crippen LogP contribution in [0, 0.1) is 5.92 Å². The van der Waals surface area contributed by atoms with Crippen molar-refractivity contribution in [3.63, 3.8) is 0 Å². The Morgan fingerprint density at radius 3 is 1.39 bits per heavy atom. The van der Waals surface area contributed by atoms with Gasteiger partial charge < -0.3 is 14.2 Å². The number of benzene rings is 2. The Kier molecular flexibility index (Phi) is 8.75. The van der Waals surface area contributed by atoms with Crippen molar-refractivity contribution in [2.45, 2.75) is 141 Å². The maximum atomic E-state index is 5.72. The first-order chi connectivity index (χ1) is 19.6. The van der Waals surface area contributed by atoms with Gasteiger partial charge in [-0.2, -0.15) is 0 Å². The zero-order valence-corrected chi connectivity index (χ0v) is 27.0. The van der Waals surface area contributed by atoms with E-state index in [-0.39, 0.29) is 16.8 Å². The largest absolute Gasteiger partial charge is 0.366 e. The lowest BCUT2D eigenvalue weighted by Crippen LogP contribution is -2.22. The van der Waals surface area contributed by atoms with E-state index < -0.39 is 0 Å². The summed E-state index contributed by atoms with van der Waals surface area (Å²) in [5.74, 6) is 0.732. The van der Waals surface area contributed by atoms with Gasteiger partial charge in [-0.05, 0) is 116 Å². The summed E-state index contributed by atoms with van der Waals surface area (Å²) >= 11 is 4.03. The average molecular weight is 593 g/mol. The van der Waals surface area contributed by atoms with Gasteiger partial charge in [0, 0.05) is 20.3 Å². The van der Waals surface area contributed by atoms with Gasteiger partial charge in [-0.1, -0.05) is 48.6 Å². The number of ether oxygens (including phenoxy) is 3.